The van der Waals surface area contributed by atoms with E-state index < -0.39 is 5.54 Å². The maximum atomic E-state index is 12.9. The van der Waals surface area contributed by atoms with E-state index in [1.165, 1.54) is 10.4 Å². The number of piperazine rings is 1. The van der Waals surface area contributed by atoms with Crippen LogP contribution in [0, 0.1) is 6.92 Å². The Morgan fingerprint density at radius 3 is 2.70 bits per heavy atom. The van der Waals surface area contributed by atoms with E-state index in [1.54, 1.807) is 16.2 Å². The van der Waals surface area contributed by atoms with Gasteiger partial charge in [-0.1, -0.05) is 12.8 Å². The van der Waals surface area contributed by atoms with Crippen molar-refractivity contribution in [1.82, 2.24) is 10.2 Å². The summed E-state index contributed by atoms with van der Waals surface area (Å²) in [6.45, 7) is 4.42. The zero-order valence-corrected chi connectivity index (χ0v) is 12.8. The Morgan fingerprint density at radius 1 is 1.40 bits per heavy atom. The molecule has 1 aromatic heterocycles. The minimum Gasteiger partial charge on any atom is -0.340 e. The molecular weight excluding hydrogens is 272 g/mol. The maximum Gasteiger partial charge on any atom is 0.249 e. The van der Waals surface area contributed by atoms with E-state index in [0.717, 1.165) is 25.7 Å². The van der Waals surface area contributed by atoms with Gasteiger partial charge in [0.15, 0.2) is 0 Å². The molecule has 0 radical (unpaired) electrons. The molecule has 2 fully saturated rings. The number of hydrogen-bond donors (Lipinski definition) is 1. The fourth-order valence-electron chi connectivity index (χ4n) is 3.23. The molecular formula is C15H20N2O2S. The van der Waals surface area contributed by atoms with Crippen LogP contribution in [0.2, 0.25) is 0 Å². The van der Waals surface area contributed by atoms with Crippen LogP contribution in [0.3, 0.4) is 0 Å². The number of thiophene rings is 1. The molecule has 2 aliphatic rings. The molecule has 1 spiro atoms. The van der Waals surface area contributed by atoms with E-state index in [-0.39, 0.29) is 17.9 Å². The van der Waals surface area contributed by atoms with Gasteiger partial charge in [-0.25, -0.2) is 0 Å². The molecule has 108 valence electrons. The Kier molecular flexibility index (Phi) is 3.32. The molecule has 1 N–H and O–H groups in total. The topological polar surface area (TPSA) is 49.4 Å². The first-order valence-corrected chi connectivity index (χ1v) is 8.07. The molecule has 0 aromatic carbocycles. The highest BCUT2D eigenvalue weighted by Gasteiger charge is 2.50. The quantitative estimate of drug-likeness (QED) is 0.908. The van der Waals surface area contributed by atoms with Gasteiger partial charge in [-0.15, -0.1) is 11.3 Å². The van der Waals surface area contributed by atoms with Crippen molar-refractivity contribution in [3.63, 3.8) is 0 Å². The molecule has 20 heavy (non-hydrogen) atoms. The van der Waals surface area contributed by atoms with Crippen LogP contribution < -0.4 is 5.32 Å². The van der Waals surface area contributed by atoms with Crippen molar-refractivity contribution in [2.75, 3.05) is 0 Å². The average molecular weight is 292 g/mol. The summed E-state index contributed by atoms with van der Waals surface area (Å²) in [5.74, 6) is 0.0932. The second-order valence-corrected chi connectivity index (χ2v) is 6.91. The summed E-state index contributed by atoms with van der Waals surface area (Å²) in [6.07, 6.45) is 3.60. The molecule has 2 heterocycles. The van der Waals surface area contributed by atoms with Gasteiger partial charge >= 0.3 is 0 Å². The lowest BCUT2D eigenvalue weighted by Crippen LogP contribution is -2.68. The van der Waals surface area contributed by atoms with Crippen LogP contribution in [0.1, 0.15) is 43.0 Å². The van der Waals surface area contributed by atoms with Gasteiger partial charge in [0.1, 0.15) is 11.6 Å². The van der Waals surface area contributed by atoms with Gasteiger partial charge in [-0.3, -0.25) is 9.59 Å². The number of aryl methyl sites for hydroxylation is 1. The van der Waals surface area contributed by atoms with Crippen LogP contribution in [0.5, 0.6) is 0 Å². The van der Waals surface area contributed by atoms with E-state index >= 15 is 0 Å². The Bertz CT molecular complexity index is 546. The number of nitrogens with one attached hydrogen (secondary N) is 1. The first-order chi connectivity index (χ1) is 9.53. The number of nitrogens with zero attached hydrogens (tertiary/aromatic N) is 1. The minimum absolute atomic E-state index is 0.0132. The first-order valence-electron chi connectivity index (χ1n) is 7.19. The zero-order chi connectivity index (χ0) is 14.3. The predicted octanol–water partition coefficient (Wildman–Crippen LogP) is 2.22. The van der Waals surface area contributed by atoms with Crippen LogP contribution in [-0.2, 0) is 16.1 Å². The second kappa shape index (κ2) is 4.88. The molecule has 0 bridgehead atoms. The molecule has 3 rings (SSSR count). The van der Waals surface area contributed by atoms with Crippen molar-refractivity contribution < 1.29 is 9.59 Å². The molecule has 1 aromatic rings. The van der Waals surface area contributed by atoms with Crippen LogP contribution in [-0.4, -0.2) is 28.3 Å². The van der Waals surface area contributed by atoms with Gasteiger partial charge in [0.05, 0.1) is 6.54 Å². The van der Waals surface area contributed by atoms with Crippen LogP contribution in [0.15, 0.2) is 11.4 Å². The Hall–Kier alpha value is -1.36. The van der Waals surface area contributed by atoms with Crippen molar-refractivity contribution in [1.29, 1.82) is 0 Å². The predicted molar refractivity (Wildman–Crippen MR) is 78.4 cm³/mol. The summed E-state index contributed by atoms with van der Waals surface area (Å²) in [4.78, 5) is 28.0. The molecule has 5 heteroatoms. The summed E-state index contributed by atoms with van der Waals surface area (Å²) in [6, 6.07) is 1.68. The Labute approximate surface area is 123 Å². The SMILES string of the molecule is Cc1ccsc1CN1C(=O)C2(CCCC2)NC(=O)C1C. The first kappa shape index (κ1) is 13.6. The number of carbonyl (C=O) groups is 2. The summed E-state index contributed by atoms with van der Waals surface area (Å²) < 4.78 is 0. The second-order valence-electron chi connectivity index (χ2n) is 5.91. The highest BCUT2D eigenvalue weighted by molar-refractivity contribution is 7.10. The largest absolute Gasteiger partial charge is 0.340 e. The fraction of sp³-hybridized carbons (Fsp3) is 0.600. The van der Waals surface area contributed by atoms with E-state index in [2.05, 4.69) is 18.3 Å². The fourth-order valence-corrected chi connectivity index (χ4v) is 4.14. The van der Waals surface area contributed by atoms with Crippen LogP contribution in [0.4, 0.5) is 0 Å². The van der Waals surface area contributed by atoms with Gasteiger partial charge in [0, 0.05) is 4.88 Å². The number of carbonyl (C=O) groups excluding carboxylic acids is 2. The van der Waals surface area contributed by atoms with E-state index in [4.69, 9.17) is 0 Å². The summed E-state index contributed by atoms with van der Waals surface area (Å²) >= 11 is 1.65. The molecule has 1 saturated carbocycles. The molecule has 4 nitrogen and oxygen atoms in total. The highest BCUT2D eigenvalue weighted by Crippen LogP contribution is 2.35. The molecule has 2 amide bonds. The van der Waals surface area contributed by atoms with Crippen molar-refractivity contribution in [3.05, 3.63) is 21.9 Å². The van der Waals surface area contributed by atoms with Crippen LogP contribution in [0.25, 0.3) is 0 Å². The van der Waals surface area contributed by atoms with Gasteiger partial charge < -0.3 is 10.2 Å². The number of rotatable bonds is 2. The molecule has 1 saturated heterocycles. The van der Waals surface area contributed by atoms with E-state index in [9.17, 15) is 9.59 Å². The molecule has 1 aliphatic heterocycles. The van der Waals surface area contributed by atoms with Gasteiger partial charge in [-0.05, 0) is 43.7 Å². The lowest BCUT2D eigenvalue weighted by atomic mass is 9.91. The van der Waals surface area contributed by atoms with Crippen molar-refractivity contribution in [3.8, 4) is 0 Å². The normalized spacial score (nSPS) is 25.3. The third-order valence-electron chi connectivity index (χ3n) is 4.62. The van der Waals surface area contributed by atoms with E-state index in [0.29, 0.717) is 6.54 Å². The summed E-state index contributed by atoms with van der Waals surface area (Å²) in [5.41, 5.74) is 0.579. The van der Waals surface area contributed by atoms with Crippen molar-refractivity contribution in [2.24, 2.45) is 0 Å². The molecule has 1 aliphatic carbocycles. The van der Waals surface area contributed by atoms with Crippen molar-refractivity contribution in [2.45, 2.75) is 57.7 Å². The number of hydrogen-bond acceptors (Lipinski definition) is 3. The highest BCUT2D eigenvalue weighted by atomic mass is 32.1. The lowest BCUT2D eigenvalue weighted by molar-refractivity contribution is -0.154. The van der Waals surface area contributed by atoms with Crippen LogP contribution >= 0.6 is 11.3 Å². The summed E-state index contributed by atoms with van der Waals surface area (Å²) in [5, 5.41) is 5.03. The average Bonchev–Trinajstić information content (AvgIpc) is 3.03. The number of amides is 2. The zero-order valence-electron chi connectivity index (χ0n) is 11.9. The standard InChI is InChI=1S/C15H20N2O2S/c1-10-5-8-20-12(10)9-17-11(2)13(18)16-15(14(17)19)6-3-4-7-15/h5,8,11H,3-4,6-7,9H2,1-2H3,(H,16,18). The molecule has 1 atom stereocenters. The van der Waals surface area contributed by atoms with E-state index in [1.807, 2.05) is 12.3 Å². The van der Waals surface area contributed by atoms with Crippen molar-refractivity contribution >= 4 is 23.2 Å². The van der Waals surface area contributed by atoms with Gasteiger partial charge in [0.25, 0.3) is 0 Å². The minimum atomic E-state index is -0.616. The Balaban J connectivity index is 1.89. The third kappa shape index (κ3) is 2.04. The third-order valence-corrected chi connectivity index (χ3v) is 5.63. The Morgan fingerprint density at radius 2 is 2.10 bits per heavy atom. The smallest absolute Gasteiger partial charge is 0.249 e. The lowest BCUT2D eigenvalue weighted by Gasteiger charge is -2.43. The van der Waals surface area contributed by atoms with Gasteiger partial charge in [0.2, 0.25) is 11.8 Å². The molecule has 1 unspecified atom stereocenters. The van der Waals surface area contributed by atoms with Gasteiger partial charge in [-0.2, -0.15) is 0 Å². The summed E-state index contributed by atoms with van der Waals surface area (Å²) in [7, 11) is 0. The monoisotopic (exact) mass is 292 g/mol. The maximum absolute atomic E-state index is 12.9.